The van der Waals surface area contributed by atoms with Gasteiger partial charge in [0, 0.05) is 16.9 Å². The number of carbonyl (C=O) groups excluding carboxylic acids is 2. The average molecular weight is 359 g/mol. The van der Waals surface area contributed by atoms with Crippen LogP contribution >= 0.6 is 21.6 Å². The maximum absolute atomic E-state index is 11.3. The molecule has 0 aliphatic carbocycles. The van der Waals surface area contributed by atoms with Gasteiger partial charge in [-0.2, -0.15) is 8.42 Å². The first-order valence-corrected chi connectivity index (χ1v) is 10.1. The number of hydrazine groups is 1. The molecule has 1 amide bonds. The smallest absolute Gasteiger partial charge is 0.277 e. The predicted molar refractivity (Wildman–Crippen MR) is 86.3 cm³/mol. The second-order valence-corrected chi connectivity index (χ2v) is 9.89. The van der Waals surface area contributed by atoms with Crippen LogP contribution in [0.4, 0.5) is 0 Å². The summed E-state index contributed by atoms with van der Waals surface area (Å²) in [6.45, 7) is 5.51. The monoisotopic (exact) mass is 358 g/mol. The van der Waals surface area contributed by atoms with E-state index in [1.807, 2.05) is 13.8 Å². The minimum Gasteiger partial charge on any atom is -0.300 e. The van der Waals surface area contributed by atoms with E-state index < -0.39 is 21.3 Å². The van der Waals surface area contributed by atoms with Gasteiger partial charge in [0.25, 0.3) is 16.0 Å². The highest BCUT2D eigenvalue weighted by Crippen LogP contribution is 2.39. The van der Waals surface area contributed by atoms with Crippen molar-refractivity contribution in [3.8, 4) is 0 Å². The van der Waals surface area contributed by atoms with Crippen LogP contribution in [0.1, 0.15) is 40.0 Å². The van der Waals surface area contributed by atoms with E-state index in [1.54, 1.807) is 5.43 Å². The van der Waals surface area contributed by atoms with Gasteiger partial charge in [0.05, 0.1) is 0 Å². The summed E-state index contributed by atoms with van der Waals surface area (Å²) in [6, 6.07) is 0. The van der Waals surface area contributed by atoms with E-state index in [2.05, 4.69) is 0 Å². The topological polar surface area (TPSA) is 127 Å². The summed E-state index contributed by atoms with van der Waals surface area (Å²) >= 11 is 0. The Bertz CT molecular complexity index is 464. The van der Waals surface area contributed by atoms with Crippen LogP contribution in [0.2, 0.25) is 0 Å². The molecule has 0 aliphatic rings. The molecule has 10 heteroatoms. The molecule has 0 aromatic carbocycles. The van der Waals surface area contributed by atoms with Gasteiger partial charge >= 0.3 is 0 Å². The Morgan fingerprint density at radius 1 is 1.38 bits per heavy atom. The van der Waals surface area contributed by atoms with E-state index in [0.29, 0.717) is 18.6 Å². The van der Waals surface area contributed by atoms with E-state index in [-0.39, 0.29) is 17.0 Å². The molecule has 1 unspecified atom stereocenters. The molecule has 0 spiro atoms. The highest BCUT2D eigenvalue weighted by atomic mass is 33.1. The Kier molecular flexibility index (Phi) is 8.86. The zero-order valence-electron chi connectivity index (χ0n) is 12.3. The average Bonchev–Trinajstić information content (AvgIpc) is 2.34. The van der Waals surface area contributed by atoms with Gasteiger partial charge < -0.3 is 4.79 Å². The molecule has 0 aromatic rings. The molecule has 0 aliphatic heterocycles. The zero-order chi connectivity index (χ0) is 16.7. The Morgan fingerprint density at radius 2 is 1.95 bits per heavy atom. The highest BCUT2D eigenvalue weighted by Gasteiger charge is 2.30. The summed E-state index contributed by atoms with van der Waals surface area (Å²) in [7, 11) is -1.56. The van der Waals surface area contributed by atoms with Gasteiger partial charge in [0.2, 0.25) is 0 Å². The second kappa shape index (κ2) is 8.99. The Hall–Kier alpha value is -0.290. The van der Waals surface area contributed by atoms with Crippen LogP contribution in [0.15, 0.2) is 0 Å². The van der Waals surface area contributed by atoms with Crippen molar-refractivity contribution >= 4 is 43.4 Å². The lowest BCUT2D eigenvalue weighted by Gasteiger charge is -2.22. The van der Waals surface area contributed by atoms with E-state index >= 15 is 0 Å². The number of hydrogen-bond donors (Lipinski definition) is 3. The number of nitrogens with one attached hydrogen (secondary N) is 1. The molecular weight excluding hydrogens is 336 g/mol. The quantitative estimate of drug-likeness (QED) is 0.133. The maximum atomic E-state index is 11.3. The summed E-state index contributed by atoms with van der Waals surface area (Å²) in [5.74, 6) is 4.44. The molecule has 0 fully saturated rings. The van der Waals surface area contributed by atoms with Gasteiger partial charge in [-0.1, -0.05) is 21.6 Å². The standard InChI is InChI=1S/C11H22N2O5S3/c1-8(14)4-6-11(2,3)20-19-7-5-9(10(15)13-12)21(16,17)18/h9H,4-7,12H2,1-3H3,(H,13,15)(H,16,17,18). The first-order chi connectivity index (χ1) is 9.49. The molecule has 1 atom stereocenters. The fourth-order valence-corrected chi connectivity index (χ4v) is 4.95. The lowest BCUT2D eigenvalue weighted by Crippen LogP contribution is -2.43. The van der Waals surface area contributed by atoms with Crippen LogP contribution in [-0.2, 0) is 19.7 Å². The second-order valence-electron chi connectivity index (χ2n) is 5.17. The van der Waals surface area contributed by atoms with Gasteiger partial charge in [-0.3, -0.25) is 14.8 Å². The summed E-state index contributed by atoms with van der Waals surface area (Å²) in [5.41, 5.74) is 1.73. The zero-order valence-corrected chi connectivity index (χ0v) is 14.7. The lowest BCUT2D eigenvalue weighted by molar-refractivity contribution is -0.121. The number of Topliss-reactive ketones (excluding diaryl/α,β-unsaturated/α-hetero) is 1. The number of rotatable bonds is 10. The van der Waals surface area contributed by atoms with Crippen LogP contribution in [0.25, 0.3) is 0 Å². The van der Waals surface area contributed by atoms with Crippen molar-refractivity contribution in [3.05, 3.63) is 0 Å². The van der Waals surface area contributed by atoms with Crippen LogP contribution in [-0.4, -0.2) is 40.4 Å². The molecule has 21 heavy (non-hydrogen) atoms. The third kappa shape index (κ3) is 9.35. The molecule has 0 radical (unpaired) electrons. The fourth-order valence-electron chi connectivity index (χ4n) is 1.38. The van der Waals surface area contributed by atoms with Gasteiger partial charge in [-0.05, 0) is 33.6 Å². The van der Waals surface area contributed by atoms with Crippen LogP contribution in [0, 0.1) is 0 Å². The molecule has 7 nitrogen and oxygen atoms in total. The first kappa shape index (κ1) is 20.7. The first-order valence-electron chi connectivity index (χ1n) is 6.26. The van der Waals surface area contributed by atoms with Gasteiger partial charge in [0.1, 0.15) is 5.78 Å². The molecule has 4 N–H and O–H groups in total. The van der Waals surface area contributed by atoms with Gasteiger partial charge in [-0.25, -0.2) is 5.84 Å². The molecule has 124 valence electrons. The van der Waals surface area contributed by atoms with Crippen molar-refractivity contribution < 1.29 is 22.6 Å². The number of hydrogen-bond acceptors (Lipinski definition) is 7. The summed E-state index contributed by atoms with van der Waals surface area (Å²) < 4.78 is 31.0. The molecular formula is C11H22N2O5S3. The fraction of sp³-hybridized carbons (Fsp3) is 0.818. The van der Waals surface area contributed by atoms with E-state index in [0.717, 1.165) is 0 Å². The van der Waals surface area contributed by atoms with E-state index in [1.165, 1.54) is 28.5 Å². The van der Waals surface area contributed by atoms with E-state index in [9.17, 15) is 18.0 Å². The Balaban J connectivity index is 4.28. The number of amides is 1. The summed E-state index contributed by atoms with van der Waals surface area (Å²) in [4.78, 5) is 22.3. The largest absolute Gasteiger partial charge is 0.300 e. The van der Waals surface area contributed by atoms with Crippen molar-refractivity contribution in [1.82, 2.24) is 5.43 Å². The molecule has 0 aromatic heterocycles. The van der Waals surface area contributed by atoms with Crippen molar-refractivity contribution in [2.75, 3.05) is 5.75 Å². The van der Waals surface area contributed by atoms with Crippen molar-refractivity contribution in [3.63, 3.8) is 0 Å². The SMILES string of the molecule is CC(=O)CCC(C)(C)SSCCC(C(=O)NN)S(=O)(=O)O. The number of carbonyl (C=O) groups is 2. The lowest BCUT2D eigenvalue weighted by atomic mass is 10.1. The highest BCUT2D eigenvalue weighted by molar-refractivity contribution is 8.77. The minimum absolute atomic E-state index is 0.0394. The number of nitrogens with two attached hydrogens (primary N) is 1. The van der Waals surface area contributed by atoms with Crippen molar-refractivity contribution in [2.24, 2.45) is 5.84 Å². The Labute approximate surface area is 133 Å². The Morgan fingerprint density at radius 3 is 2.38 bits per heavy atom. The maximum Gasteiger partial charge on any atom is 0.277 e. The molecule has 0 rings (SSSR count). The minimum atomic E-state index is -4.47. The predicted octanol–water partition coefficient (Wildman–Crippen LogP) is 1.15. The van der Waals surface area contributed by atoms with Crippen LogP contribution < -0.4 is 11.3 Å². The third-order valence-corrected chi connectivity index (χ3v) is 7.17. The van der Waals surface area contributed by atoms with Crippen molar-refractivity contribution in [1.29, 1.82) is 0 Å². The molecule has 0 heterocycles. The molecule has 0 saturated carbocycles. The van der Waals surface area contributed by atoms with Crippen LogP contribution in [0.5, 0.6) is 0 Å². The van der Waals surface area contributed by atoms with Crippen molar-refractivity contribution in [2.45, 2.75) is 50.0 Å². The van der Waals surface area contributed by atoms with Gasteiger partial charge in [0.15, 0.2) is 5.25 Å². The normalized spacial score (nSPS) is 13.8. The van der Waals surface area contributed by atoms with Crippen LogP contribution in [0.3, 0.4) is 0 Å². The summed E-state index contributed by atoms with van der Waals surface area (Å²) in [6.07, 6.45) is 1.16. The molecule has 0 saturated heterocycles. The number of ketones is 1. The molecule has 0 bridgehead atoms. The van der Waals surface area contributed by atoms with E-state index in [4.69, 9.17) is 10.4 Å². The van der Waals surface area contributed by atoms with Gasteiger partial charge in [-0.15, -0.1) is 0 Å². The summed E-state index contributed by atoms with van der Waals surface area (Å²) in [5, 5.41) is -1.56. The third-order valence-electron chi connectivity index (χ3n) is 2.62.